The summed E-state index contributed by atoms with van der Waals surface area (Å²) < 4.78 is 6.37. The van der Waals surface area contributed by atoms with Crippen molar-refractivity contribution in [1.29, 1.82) is 5.26 Å². The molecule has 2 aromatic heterocycles. The highest BCUT2D eigenvalue weighted by Gasteiger charge is 2.16. The lowest BCUT2D eigenvalue weighted by Crippen LogP contribution is -2.18. The van der Waals surface area contributed by atoms with E-state index in [1.54, 1.807) is 12.3 Å². The van der Waals surface area contributed by atoms with Gasteiger partial charge >= 0.3 is 0 Å². The van der Waals surface area contributed by atoms with E-state index in [-0.39, 0.29) is 6.10 Å². The number of pyridine rings is 1. The van der Waals surface area contributed by atoms with E-state index >= 15 is 0 Å². The smallest absolute Gasteiger partial charge is 0.206 e. The molecule has 1 atom stereocenters. The molecule has 0 amide bonds. The van der Waals surface area contributed by atoms with Gasteiger partial charge in [0.05, 0.1) is 11.7 Å². The molecule has 6 nitrogen and oxygen atoms in total. The van der Waals surface area contributed by atoms with Crippen molar-refractivity contribution in [3.63, 3.8) is 0 Å². The van der Waals surface area contributed by atoms with Crippen molar-refractivity contribution in [2.24, 2.45) is 0 Å². The maximum atomic E-state index is 8.73. The number of nitriles is 1. The van der Waals surface area contributed by atoms with Crippen LogP contribution in [0.3, 0.4) is 0 Å². The Balaban J connectivity index is 1.55. The van der Waals surface area contributed by atoms with Crippen LogP contribution in [0.2, 0.25) is 0 Å². The van der Waals surface area contributed by atoms with Crippen LogP contribution >= 0.6 is 23.1 Å². The van der Waals surface area contributed by atoms with Crippen LogP contribution in [-0.2, 0) is 4.74 Å². The van der Waals surface area contributed by atoms with Crippen LogP contribution in [0.1, 0.15) is 18.4 Å². The first-order chi connectivity index (χ1) is 10.3. The molecule has 0 spiro atoms. The van der Waals surface area contributed by atoms with E-state index in [1.807, 2.05) is 12.1 Å². The van der Waals surface area contributed by atoms with Crippen molar-refractivity contribution >= 4 is 28.2 Å². The quantitative estimate of drug-likeness (QED) is 0.906. The SMILES string of the molecule is N#Cc1ccc(Sc2nnc(NCC3CCCO3)s2)nc1. The Labute approximate surface area is 130 Å². The van der Waals surface area contributed by atoms with Gasteiger partial charge in [0.2, 0.25) is 5.13 Å². The van der Waals surface area contributed by atoms with Gasteiger partial charge in [-0.25, -0.2) is 4.98 Å². The van der Waals surface area contributed by atoms with Gasteiger partial charge < -0.3 is 10.1 Å². The number of hydrogen-bond acceptors (Lipinski definition) is 8. The predicted molar refractivity (Wildman–Crippen MR) is 80.4 cm³/mol. The summed E-state index contributed by atoms with van der Waals surface area (Å²) in [7, 11) is 0. The van der Waals surface area contributed by atoms with E-state index < -0.39 is 0 Å². The first kappa shape index (κ1) is 14.3. The highest BCUT2D eigenvalue weighted by atomic mass is 32.2. The third-order valence-corrected chi connectivity index (χ3v) is 4.85. The summed E-state index contributed by atoms with van der Waals surface area (Å²) in [6.07, 6.45) is 4.07. The van der Waals surface area contributed by atoms with Gasteiger partial charge in [-0.05, 0) is 36.7 Å². The average molecular weight is 319 g/mol. The Kier molecular flexibility index (Phi) is 4.65. The molecule has 108 valence electrons. The summed E-state index contributed by atoms with van der Waals surface area (Å²) >= 11 is 2.93. The van der Waals surface area contributed by atoms with Crippen molar-refractivity contribution in [2.45, 2.75) is 28.3 Å². The number of nitrogens with one attached hydrogen (secondary N) is 1. The molecule has 0 radical (unpaired) electrons. The fourth-order valence-corrected chi connectivity index (χ4v) is 3.57. The predicted octanol–water partition coefficient (Wildman–Crippen LogP) is 2.55. The van der Waals surface area contributed by atoms with Crippen LogP contribution in [0, 0.1) is 11.3 Å². The lowest BCUT2D eigenvalue weighted by molar-refractivity contribution is 0.120. The monoisotopic (exact) mass is 319 g/mol. The van der Waals surface area contributed by atoms with E-state index in [1.165, 1.54) is 23.1 Å². The molecule has 1 saturated heterocycles. The zero-order valence-corrected chi connectivity index (χ0v) is 12.8. The first-order valence-electron chi connectivity index (χ1n) is 6.56. The van der Waals surface area contributed by atoms with Gasteiger partial charge in [0.15, 0.2) is 4.34 Å². The standard InChI is InChI=1S/C13H13N5OS2/c14-6-9-3-4-11(15-7-9)20-13-18-17-12(21-13)16-8-10-2-1-5-19-10/h3-4,7,10H,1-2,5,8H2,(H,16,17). The number of aromatic nitrogens is 3. The van der Waals surface area contributed by atoms with E-state index in [9.17, 15) is 0 Å². The maximum Gasteiger partial charge on any atom is 0.206 e. The molecule has 21 heavy (non-hydrogen) atoms. The Bertz CT molecular complexity index is 631. The van der Waals surface area contributed by atoms with E-state index in [0.717, 1.165) is 40.5 Å². The molecule has 8 heteroatoms. The minimum Gasteiger partial charge on any atom is -0.376 e. The summed E-state index contributed by atoms with van der Waals surface area (Å²) in [5.74, 6) is 0. The third kappa shape index (κ3) is 3.91. The van der Waals surface area contributed by atoms with Crippen molar-refractivity contribution in [2.75, 3.05) is 18.5 Å². The molecule has 1 aliphatic heterocycles. The van der Waals surface area contributed by atoms with Gasteiger partial charge in [-0.3, -0.25) is 0 Å². The molecular formula is C13H13N5OS2. The van der Waals surface area contributed by atoms with Crippen molar-refractivity contribution in [3.05, 3.63) is 23.9 Å². The van der Waals surface area contributed by atoms with Crippen molar-refractivity contribution < 1.29 is 4.74 Å². The largest absolute Gasteiger partial charge is 0.376 e. The second kappa shape index (κ2) is 6.85. The Morgan fingerprint density at radius 2 is 2.43 bits per heavy atom. The number of ether oxygens (including phenoxy) is 1. The molecule has 3 heterocycles. The van der Waals surface area contributed by atoms with Gasteiger partial charge in [0, 0.05) is 19.3 Å². The molecular weight excluding hydrogens is 306 g/mol. The first-order valence-corrected chi connectivity index (χ1v) is 8.20. The van der Waals surface area contributed by atoms with Crippen molar-refractivity contribution in [1.82, 2.24) is 15.2 Å². The Hall–Kier alpha value is -1.69. The molecule has 1 N–H and O–H groups in total. The summed E-state index contributed by atoms with van der Waals surface area (Å²) in [5.41, 5.74) is 0.551. The van der Waals surface area contributed by atoms with E-state index in [2.05, 4.69) is 20.5 Å². The molecule has 3 rings (SSSR count). The fraction of sp³-hybridized carbons (Fsp3) is 0.385. The van der Waals surface area contributed by atoms with Crippen LogP contribution < -0.4 is 5.32 Å². The van der Waals surface area contributed by atoms with Gasteiger partial charge in [0.25, 0.3) is 0 Å². The van der Waals surface area contributed by atoms with Crippen LogP contribution in [0.15, 0.2) is 27.7 Å². The normalized spacial score (nSPS) is 17.6. The second-order valence-electron chi connectivity index (χ2n) is 4.49. The van der Waals surface area contributed by atoms with Crippen LogP contribution in [0.5, 0.6) is 0 Å². The lowest BCUT2D eigenvalue weighted by Gasteiger charge is -2.08. The molecule has 1 fully saturated rings. The highest BCUT2D eigenvalue weighted by molar-refractivity contribution is 8.01. The van der Waals surface area contributed by atoms with Crippen LogP contribution in [0.25, 0.3) is 0 Å². The highest BCUT2D eigenvalue weighted by Crippen LogP contribution is 2.30. The molecule has 0 aromatic carbocycles. The average Bonchev–Trinajstić information content (AvgIpc) is 3.17. The van der Waals surface area contributed by atoms with Gasteiger partial charge in [-0.1, -0.05) is 11.3 Å². The zero-order chi connectivity index (χ0) is 14.5. The summed E-state index contributed by atoms with van der Waals surface area (Å²) in [5, 5.41) is 21.8. The van der Waals surface area contributed by atoms with E-state index in [0.29, 0.717) is 5.56 Å². The molecule has 0 bridgehead atoms. The lowest BCUT2D eigenvalue weighted by atomic mass is 10.2. The number of rotatable bonds is 5. The number of anilines is 1. The zero-order valence-electron chi connectivity index (χ0n) is 11.2. The second-order valence-corrected chi connectivity index (χ2v) is 6.73. The van der Waals surface area contributed by atoms with Crippen molar-refractivity contribution in [3.8, 4) is 6.07 Å². The number of nitrogens with zero attached hydrogens (tertiary/aromatic N) is 4. The minimum absolute atomic E-state index is 0.283. The summed E-state index contributed by atoms with van der Waals surface area (Å²) in [4.78, 5) is 4.20. The maximum absolute atomic E-state index is 8.73. The Morgan fingerprint density at radius 3 is 3.14 bits per heavy atom. The third-order valence-electron chi connectivity index (χ3n) is 2.97. The summed E-state index contributed by atoms with van der Waals surface area (Å²) in [6.45, 7) is 1.63. The van der Waals surface area contributed by atoms with Gasteiger partial charge in [-0.2, -0.15) is 5.26 Å². The molecule has 0 aliphatic carbocycles. The fourth-order valence-electron chi connectivity index (χ4n) is 1.93. The molecule has 1 aliphatic rings. The minimum atomic E-state index is 0.283. The Morgan fingerprint density at radius 1 is 1.48 bits per heavy atom. The van der Waals surface area contributed by atoms with E-state index in [4.69, 9.17) is 10.00 Å². The summed E-state index contributed by atoms with van der Waals surface area (Å²) in [6, 6.07) is 5.60. The van der Waals surface area contributed by atoms with Crippen LogP contribution in [-0.4, -0.2) is 34.4 Å². The van der Waals surface area contributed by atoms with Gasteiger partial charge in [-0.15, -0.1) is 10.2 Å². The van der Waals surface area contributed by atoms with Gasteiger partial charge in [0.1, 0.15) is 11.1 Å². The topological polar surface area (TPSA) is 83.7 Å². The molecule has 0 saturated carbocycles. The molecule has 1 unspecified atom stereocenters. The molecule has 2 aromatic rings. The number of hydrogen-bond donors (Lipinski definition) is 1. The van der Waals surface area contributed by atoms with Crippen LogP contribution in [0.4, 0.5) is 5.13 Å².